The van der Waals surface area contributed by atoms with Crippen LogP contribution in [0.2, 0.25) is 0 Å². The predicted octanol–water partition coefficient (Wildman–Crippen LogP) is 3.42. The number of likely N-dealkylation sites (tertiary alicyclic amines) is 1. The summed E-state index contributed by atoms with van der Waals surface area (Å²) < 4.78 is 5.46. The molecule has 1 fully saturated rings. The highest BCUT2D eigenvalue weighted by Gasteiger charge is 2.26. The Morgan fingerprint density at radius 1 is 1.14 bits per heavy atom. The minimum absolute atomic E-state index is 0.0221. The Morgan fingerprint density at radius 3 is 2.71 bits per heavy atom. The van der Waals surface area contributed by atoms with Crippen LogP contribution in [-0.2, 0) is 6.42 Å². The molecule has 4 rings (SSSR count). The van der Waals surface area contributed by atoms with Gasteiger partial charge in [-0.2, -0.15) is 5.10 Å². The second kappa shape index (κ2) is 8.25. The van der Waals surface area contributed by atoms with Gasteiger partial charge in [0.2, 0.25) is 0 Å². The lowest BCUT2D eigenvalue weighted by Gasteiger charge is -2.31. The van der Waals surface area contributed by atoms with Gasteiger partial charge in [0.05, 0.1) is 7.11 Å². The highest BCUT2D eigenvalue weighted by Crippen LogP contribution is 2.28. The number of piperidine rings is 1. The molecule has 6 nitrogen and oxygen atoms in total. The number of benzene rings is 1. The number of methoxy groups -OCH3 is 1. The summed E-state index contributed by atoms with van der Waals surface area (Å²) in [6.07, 6.45) is 4.20. The van der Waals surface area contributed by atoms with E-state index in [-0.39, 0.29) is 5.91 Å². The lowest BCUT2D eigenvalue weighted by Crippen LogP contribution is -2.38. The molecule has 0 saturated carbocycles. The van der Waals surface area contributed by atoms with Crippen LogP contribution in [0.5, 0.6) is 5.75 Å². The average Bonchev–Trinajstić information content (AvgIpc) is 3.29. The summed E-state index contributed by atoms with van der Waals surface area (Å²) in [5, 5.41) is 6.62. The maximum Gasteiger partial charge on any atom is 0.271 e. The predicted molar refractivity (Wildman–Crippen MR) is 107 cm³/mol. The summed E-state index contributed by atoms with van der Waals surface area (Å²) in [6, 6.07) is 16.0. The molecule has 3 heterocycles. The zero-order valence-corrected chi connectivity index (χ0v) is 16.0. The summed E-state index contributed by atoms with van der Waals surface area (Å²) >= 11 is 0. The van der Waals surface area contributed by atoms with Gasteiger partial charge in [-0.25, -0.2) is 0 Å². The number of H-pyrrole nitrogens is 1. The molecule has 28 heavy (non-hydrogen) atoms. The van der Waals surface area contributed by atoms with E-state index in [1.165, 1.54) is 0 Å². The van der Waals surface area contributed by atoms with Gasteiger partial charge >= 0.3 is 0 Å². The van der Waals surface area contributed by atoms with Crippen molar-refractivity contribution in [3.05, 3.63) is 77.4 Å². The van der Waals surface area contributed by atoms with E-state index in [2.05, 4.69) is 34.5 Å². The second-order valence-electron chi connectivity index (χ2n) is 7.08. The molecule has 0 aliphatic carbocycles. The molecule has 1 aromatic carbocycles. The molecular formula is C22H24N4O2. The molecule has 2 aromatic heterocycles. The van der Waals surface area contributed by atoms with Crippen molar-refractivity contribution in [2.24, 2.45) is 0 Å². The van der Waals surface area contributed by atoms with Gasteiger partial charge in [0.25, 0.3) is 5.91 Å². The number of carbonyl (C=O) groups is 1. The van der Waals surface area contributed by atoms with Crippen LogP contribution in [0.1, 0.15) is 46.2 Å². The number of carbonyl (C=O) groups excluding carboxylic acids is 1. The van der Waals surface area contributed by atoms with E-state index in [4.69, 9.17) is 9.72 Å². The highest BCUT2D eigenvalue weighted by atomic mass is 16.5. The zero-order chi connectivity index (χ0) is 19.3. The summed E-state index contributed by atoms with van der Waals surface area (Å²) in [7, 11) is 1.70. The molecule has 1 aliphatic heterocycles. The van der Waals surface area contributed by atoms with Crippen molar-refractivity contribution in [2.45, 2.75) is 25.2 Å². The Morgan fingerprint density at radius 2 is 1.96 bits per heavy atom. The lowest BCUT2D eigenvalue weighted by molar-refractivity contribution is 0.0706. The van der Waals surface area contributed by atoms with E-state index in [0.717, 1.165) is 55.1 Å². The van der Waals surface area contributed by atoms with E-state index in [9.17, 15) is 4.79 Å². The molecule has 3 aromatic rings. The summed E-state index contributed by atoms with van der Waals surface area (Å²) in [4.78, 5) is 19.3. The first-order valence-corrected chi connectivity index (χ1v) is 9.61. The van der Waals surface area contributed by atoms with Gasteiger partial charge < -0.3 is 9.64 Å². The number of pyridine rings is 1. The molecule has 144 valence electrons. The Hall–Kier alpha value is -3.15. The van der Waals surface area contributed by atoms with Gasteiger partial charge in [-0.15, -0.1) is 0 Å². The van der Waals surface area contributed by atoms with Crippen LogP contribution >= 0.6 is 0 Å². The summed E-state index contributed by atoms with van der Waals surface area (Å²) in [5.41, 5.74) is 3.84. The Balaban J connectivity index is 1.42. The second-order valence-corrected chi connectivity index (χ2v) is 7.08. The van der Waals surface area contributed by atoms with E-state index in [0.29, 0.717) is 11.6 Å². The monoisotopic (exact) mass is 376 g/mol. The van der Waals surface area contributed by atoms with Crippen molar-refractivity contribution in [1.82, 2.24) is 20.1 Å². The van der Waals surface area contributed by atoms with Crippen LogP contribution in [0.15, 0.2) is 54.7 Å². The standard InChI is InChI=1S/C22H24N4O2/c1-28-21-8-3-2-5-17(21)15-18-6-4-7-19(24-18)16-10-13-26(14-11-16)22(27)20-9-12-23-25-20/h2-9,12,16H,10-11,13-15H2,1H3,(H,23,25). The van der Waals surface area contributed by atoms with Crippen molar-refractivity contribution < 1.29 is 9.53 Å². The van der Waals surface area contributed by atoms with Crippen LogP contribution in [0.3, 0.4) is 0 Å². The number of hydrogen-bond donors (Lipinski definition) is 1. The van der Waals surface area contributed by atoms with Crippen molar-refractivity contribution in [3.63, 3.8) is 0 Å². The van der Waals surface area contributed by atoms with Crippen LogP contribution < -0.4 is 4.74 Å². The highest BCUT2D eigenvalue weighted by molar-refractivity contribution is 5.92. The molecule has 0 spiro atoms. The van der Waals surface area contributed by atoms with E-state index < -0.39 is 0 Å². The minimum Gasteiger partial charge on any atom is -0.496 e. The molecule has 1 saturated heterocycles. The number of nitrogens with zero attached hydrogens (tertiary/aromatic N) is 3. The number of nitrogens with one attached hydrogen (secondary N) is 1. The largest absolute Gasteiger partial charge is 0.496 e. The Bertz CT molecular complexity index is 931. The van der Waals surface area contributed by atoms with Gasteiger partial charge in [-0.1, -0.05) is 24.3 Å². The number of hydrogen-bond acceptors (Lipinski definition) is 4. The zero-order valence-electron chi connectivity index (χ0n) is 16.0. The number of ether oxygens (including phenoxy) is 1. The van der Waals surface area contributed by atoms with Gasteiger partial charge in [-0.05, 0) is 37.1 Å². The maximum atomic E-state index is 12.4. The quantitative estimate of drug-likeness (QED) is 0.741. The molecule has 6 heteroatoms. The normalized spacial score (nSPS) is 14.8. The van der Waals surface area contributed by atoms with Crippen molar-refractivity contribution in [3.8, 4) is 5.75 Å². The van der Waals surface area contributed by atoms with E-state index in [1.807, 2.05) is 23.1 Å². The summed E-state index contributed by atoms with van der Waals surface area (Å²) in [5.74, 6) is 1.29. The van der Waals surface area contributed by atoms with Crippen molar-refractivity contribution >= 4 is 5.91 Å². The third-order valence-corrected chi connectivity index (χ3v) is 5.32. The van der Waals surface area contributed by atoms with E-state index in [1.54, 1.807) is 19.4 Å². The topological polar surface area (TPSA) is 71.1 Å². The van der Waals surface area contributed by atoms with E-state index >= 15 is 0 Å². The minimum atomic E-state index is 0.0221. The third-order valence-electron chi connectivity index (χ3n) is 5.32. The van der Waals surface area contributed by atoms with Crippen LogP contribution in [0.4, 0.5) is 0 Å². The Kier molecular flexibility index (Phi) is 5.37. The SMILES string of the molecule is COc1ccccc1Cc1cccc(C2CCN(C(=O)c3ccn[nH]3)CC2)n1. The molecule has 0 bridgehead atoms. The fourth-order valence-corrected chi connectivity index (χ4v) is 3.79. The fourth-order valence-electron chi connectivity index (χ4n) is 3.79. The smallest absolute Gasteiger partial charge is 0.271 e. The van der Waals surface area contributed by atoms with Crippen LogP contribution in [0.25, 0.3) is 0 Å². The molecule has 1 amide bonds. The van der Waals surface area contributed by atoms with Gasteiger partial charge in [0.1, 0.15) is 11.4 Å². The first-order chi connectivity index (χ1) is 13.7. The summed E-state index contributed by atoms with van der Waals surface area (Å²) in [6.45, 7) is 1.47. The number of aromatic amines is 1. The van der Waals surface area contributed by atoms with Gasteiger partial charge in [-0.3, -0.25) is 14.9 Å². The molecular weight excluding hydrogens is 352 g/mol. The van der Waals surface area contributed by atoms with Gasteiger partial charge in [0, 0.05) is 48.6 Å². The molecule has 0 atom stereocenters. The number of aromatic nitrogens is 3. The molecule has 1 aliphatic rings. The van der Waals surface area contributed by atoms with Crippen molar-refractivity contribution in [1.29, 1.82) is 0 Å². The molecule has 0 unspecified atom stereocenters. The van der Waals surface area contributed by atoms with Gasteiger partial charge in [0.15, 0.2) is 0 Å². The maximum absolute atomic E-state index is 12.4. The van der Waals surface area contributed by atoms with Crippen molar-refractivity contribution in [2.75, 3.05) is 20.2 Å². The Labute approximate surface area is 164 Å². The third kappa shape index (κ3) is 3.91. The van der Waals surface area contributed by atoms with Crippen LogP contribution in [0, 0.1) is 0 Å². The first-order valence-electron chi connectivity index (χ1n) is 9.61. The van der Waals surface area contributed by atoms with Crippen LogP contribution in [-0.4, -0.2) is 46.2 Å². The average molecular weight is 376 g/mol. The first kappa shape index (κ1) is 18.2. The number of amides is 1. The fraction of sp³-hybridized carbons (Fsp3) is 0.318. The molecule has 1 N–H and O–H groups in total. The molecule has 0 radical (unpaired) electrons. The number of para-hydroxylation sites is 1. The number of rotatable bonds is 5. The lowest BCUT2D eigenvalue weighted by atomic mass is 9.92.